The molecule has 1 saturated carbocycles. The van der Waals surface area contributed by atoms with E-state index in [0.29, 0.717) is 12.0 Å². The molecule has 9 heteroatoms. The number of nitrogens with zero attached hydrogens (tertiary/aromatic N) is 7. The molecule has 1 saturated heterocycles. The molecule has 2 fully saturated rings. The summed E-state index contributed by atoms with van der Waals surface area (Å²) in [5.74, 6) is 2.14. The minimum absolute atomic E-state index is 0.0882. The highest BCUT2D eigenvalue weighted by molar-refractivity contribution is 5.50. The highest BCUT2D eigenvalue weighted by Crippen LogP contribution is 2.36. The quantitative estimate of drug-likeness (QED) is 0.797. The van der Waals surface area contributed by atoms with E-state index in [1.54, 1.807) is 19.3 Å². The molecule has 2 aromatic heterocycles. The molecule has 4 rings (SSSR count). The summed E-state index contributed by atoms with van der Waals surface area (Å²) in [5.41, 5.74) is 7.86. The molecule has 1 aliphatic carbocycles. The molecule has 2 N–H and O–H groups in total. The van der Waals surface area contributed by atoms with Gasteiger partial charge < -0.3 is 20.4 Å². The Hall–Kier alpha value is -2.68. The molecule has 150 valence electrons. The van der Waals surface area contributed by atoms with Crippen molar-refractivity contribution >= 4 is 17.5 Å². The molecule has 1 aliphatic heterocycles. The van der Waals surface area contributed by atoms with Crippen molar-refractivity contribution in [3.05, 3.63) is 34.4 Å². The molecule has 0 spiro atoms. The van der Waals surface area contributed by atoms with Crippen LogP contribution in [-0.2, 0) is 7.05 Å². The number of hydrogen-bond donors (Lipinski definition) is 1. The van der Waals surface area contributed by atoms with Crippen LogP contribution in [0.25, 0.3) is 0 Å². The van der Waals surface area contributed by atoms with Crippen molar-refractivity contribution in [2.24, 2.45) is 12.8 Å². The monoisotopic (exact) mass is 384 g/mol. The number of aryl methyl sites for hydroxylation is 1. The average Bonchev–Trinajstić information content (AvgIpc) is 2.67. The van der Waals surface area contributed by atoms with Crippen molar-refractivity contribution < 1.29 is 0 Å². The Balaban J connectivity index is 1.50. The summed E-state index contributed by atoms with van der Waals surface area (Å²) < 4.78 is 1.34. The molecular weight excluding hydrogens is 356 g/mol. The number of nitrogens with two attached hydrogens (primary N) is 1. The fourth-order valence-corrected chi connectivity index (χ4v) is 3.74. The minimum atomic E-state index is -0.0882. The van der Waals surface area contributed by atoms with Crippen molar-refractivity contribution in [2.45, 2.75) is 24.8 Å². The minimum Gasteiger partial charge on any atom is -0.367 e. The molecule has 0 aromatic carbocycles. The van der Waals surface area contributed by atoms with E-state index in [-0.39, 0.29) is 5.56 Å². The highest BCUT2D eigenvalue weighted by atomic mass is 16.1. The van der Waals surface area contributed by atoms with Gasteiger partial charge in [-0.25, -0.2) is 9.67 Å². The molecule has 3 heterocycles. The predicted octanol–water partition coefficient (Wildman–Crippen LogP) is 0.168. The molecule has 9 nitrogen and oxygen atoms in total. The summed E-state index contributed by atoms with van der Waals surface area (Å²) in [6, 6.07) is 4.07. The normalized spacial score (nSPS) is 22.1. The summed E-state index contributed by atoms with van der Waals surface area (Å²) in [7, 11) is 5.60. The van der Waals surface area contributed by atoms with Gasteiger partial charge in [-0.15, -0.1) is 0 Å². The topological polar surface area (TPSA) is 96.4 Å². The van der Waals surface area contributed by atoms with Crippen LogP contribution in [0.15, 0.2) is 23.1 Å². The first-order valence-corrected chi connectivity index (χ1v) is 9.76. The molecule has 28 heavy (non-hydrogen) atoms. The third kappa shape index (κ3) is 3.66. The smallest absolute Gasteiger partial charge is 0.268 e. The Labute approximate surface area is 164 Å². The zero-order valence-electron chi connectivity index (χ0n) is 16.7. The number of aromatic nitrogens is 4. The van der Waals surface area contributed by atoms with Crippen LogP contribution in [0, 0.1) is 0 Å². The van der Waals surface area contributed by atoms with Gasteiger partial charge in [0.15, 0.2) is 0 Å². The first kappa shape index (κ1) is 18.7. The predicted molar refractivity (Wildman–Crippen MR) is 110 cm³/mol. The van der Waals surface area contributed by atoms with E-state index < -0.39 is 0 Å². The molecule has 0 radical (unpaired) electrons. The fraction of sp³-hybridized carbons (Fsp3) is 0.579. The second kappa shape index (κ2) is 7.38. The van der Waals surface area contributed by atoms with Crippen molar-refractivity contribution in [2.75, 3.05) is 55.0 Å². The van der Waals surface area contributed by atoms with E-state index in [0.717, 1.165) is 62.2 Å². The van der Waals surface area contributed by atoms with Gasteiger partial charge in [0, 0.05) is 71.4 Å². The fourth-order valence-electron chi connectivity index (χ4n) is 3.74. The Morgan fingerprint density at radius 3 is 2.36 bits per heavy atom. The van der Waals surface area contributed by atoms with Crippen molar-refractivity contribution in [3.8, 4) is 0 Å². The summed E-state index contributed by atoms with van der Waals surface area (Å²) in [5, 5.41) is 4.13. The molecule has 0 bridgehead atoms. The molecule has 0 amide bonds. The first-order chi connectivity index (χ1) is 13.4. The van der Waals surface area contributed by atoms with E-state index in [4.69, 9.17) is 15.7 Å². The summed E-state index contributed by atoms with van der Waals surface area (Å²) in [6.07, 6.45) is 3.74. The Morgan fingerprint density at radius 1 is 1.07 bits per heavy atom. The largest absolute Gasteiger partial charge is 0.367 e. The summed E-state index contributed by atoms with van der Waals surface area (Å²) in [6.45, 7) is 3.31. The van der Waals surface area contributed by atoms with Gasteiger partial charge in [-0.05, 0) is 12.8 Å². The van der Waals surface area contributed by atoms with Crippen molar-refractivity contribution in [3.63, 3.8) is 0 Å². The second-order valence-electron chi connectivity index (χ2n) is 7.92. The van der Waals surface area contributed by atoms with E-state index >= 15 is 0 Å². The van der Waals surface area contributed by atoms with E-state index in [1.165, 1.54) is 4.68 Å². The van der Waals surface area contributed by atoms with Crippen LogP contribution in [0.2, 0.25) is 0 Å². The zero-order chi connectivity index (χ0) is 19.8. The number of piperazine rings is 1. The molecule has 0 atom stereocenters. The van der Waals surface area contributed by atoms with E-state index in [2.05, 4.69) is 21.0 Å². The molecule has 2 aromatic rings. The lowest BCUT2D eigenvalue weighted by molar-refractivity contribution is 0.345. The lowest BCUT2D eigenvalue weighted by Crippen LogP contribution is -2.47. The van der Waals surface area contributed by atoms with Gasteiger partial charge in [0.1, 0.15) is 5.82 Å². The molecule has 0 unspecified atom stereocenters. The third-order valence-electron chi connectivity index (χ3n) is 5.64. The van der Waals surface area contributed by atoms with Gasteiger partial charge in [0.25, 0.3) is 5.56 Å². The van der Waals surface area contributed by atoms with Gasteiger partial charge in [0.2, 0.25) is 5.95 Å². The lowest BCUT2D eigenvalue weighted by atomic mass is 9.78. The number of rotatable bonds is 4. The van der Waals surface area contributed by atoms with Gasteiger partial charge >= 0.3 is 0 Å². The Bertz CT molecular complexity index is 897. The van der Waals surface area contributed by atoms with Crippen molar-refractivity contribution in [1.29, 1.82) is 0 Å². The Morgan fingerprint density at radius 2 is 1.75 bits per heavy atom. The van der Waals surface area contributed by atoms with E-state index in [9.17, 15) is 4.79 Å². The SMILES string of the molecule is CN(C)c1nc(C2CC(N)C2)cc(N2CCN(c3cnn(C)c(=O)c3)CC2)n1. The van der Waals surface area contributed by atoms with Crippen LogP contribution >= 0.6 is 0 Å². The maximum atomic E-state index is 11.9. The Kier molecular flexibility index (Phi) is 4.92. The second-order valence-corrected chi connectivity index (χ2v) is 7.92. The maximum Gasteiger partial charge on any atom is 0.268 e. The zero-order valence-corrected chi connectivity index (χ0v) is 16.7. The maximum absolute atomic E-state index is 11.9. The van der Waals surface area contributed by atoms with Crippen LogP contribution in [0.5, 0.6) is 0 Å². The van der Waals surface area contributed by atoms with Crippen LogP contribution in [-0.4, -0.2) is 66.1 Å². The van der Waals surface area contributed by atoms with Crippen molar-refractivity contribution in [1.82, 2.24) is 19.7 Å². The lowest BCUT2D eigenvalue weighted by Gasteiger charge is -2.37. The van der Waals surface area contributed by atoms with Crippen LogP contribution in [0.1, 0.15) is 24.5 Å². The standard InChI is InChI=1S/C19H28N8O/c1-24(2)19-22-16(13-8-14(20)9-13)11-17(23-19)27-6-4-26(5-7-27)15-10-18(28)25(3)21-12-15/h10-14H,4-9,20H2,1-3H3. The van der Waals surface area contributed by atoms with Gasteiger partial charge in [-0.2, -0.15) is 10.1 Å². The average molecular weight is 384 g/mol. The van der Waals surface area contributed by atoms with E-state index in [1.807, 2.05) is 19.0 Å². The van der Waals surface area contributed by atoms with Gasteiger partial charge in [-0.1, -0.05) is 0 Å². The van der Waals surface area contributed by atoms with Crippen LogP contribution in [0.3, 0.4) is 0 Å². The summed E-state index contributed by atoms with van der Waals surface area (Å²) >= 11 is 0. The van der Waals surface area contributed by atoms with Crippen LogP contribution in [0.4, 0.5) is 17.5 Å². The number of anilines is 3. The number of hydrogen-bond acceptors (Lipinski definition) is 8. The summed E-state index contributed by atoms with van der Waals surface area (Å²) in [4.78, 5) is 27.8. The van der Waals surface area contributed by atoms with Gasteiger partial charge in [-0.3, -0.25) is 4.79 Å². The van der Waals surface area contributed by atoms with Gasteiger partial charge in [0.05, 0.1) is 17.6 Å². The molecule has 2 aliphatic rings. The van der Waals surface area contributed by atoms with Crippen LogP contribution < -0.4 is 26.0 Å². The highest BCUT2D eigenvalue weighted by Gasteiger charge is 2.30. The first-order valence-electron chi connectivity index (χ1n) is 9.76. The third-order valence-corrected chi connectivity index (χ3v) is 5.64. The molecular formula is C19H28N8O.